The number of hydrogen-bond acceptors (Lipinski definition) is 10. The van der Waals surface area contributed by atoms with Crippen LogP contribution in [0.1, 0.15) is 27.2 Å². The van der Waals surface area contributed by atoms with Crippen molar-refractivity contribution in [1.82, 2.24) is 0 Å². The van der Waals surface area contributed by atoms with Gasteiger partial charge in [0.1, 0.15) is 0 Å². The molecule has 0 saturated heterocycles. The van der Waals surface area contributed by atoms with Crippen LogP contribution >= 0.6 is 0 Å². The van der Waals surface area contributed by atoms with Crippen LogP contribution in [0.4, 0.5) is 0 Å². The monoisotopic (exact) mass is 512 g/mol. The quantitative estimate of drug-likeness (QED) is 0.129. The normalized spacial score (nSPS) is 12.4. The molecule has 10 heteroatoms. The molecule has 1 atom stereocenters. The molecule has 0 aromatic carbocycles. The van der Waals surface area contributed by atoms with Crippen molar-refractivity contribution >= 4 is 0 Å². The van der Waals surface area contributed by atoms with Gasteiger partial charge in [-0.2, -0.15) is 0 Å². The summed E-state index contributed by atoms with van der Waals surface area (Å²) < 4.78 is 54.2. The molecule has 0 amide bonds. The highest BCUT2D eigenvalue weighted by molar-refractivity contribution is 4.46. The predicted octanol–water partition coefficient (Wildman–Crippen LogP) is 2.22. The standard InChI is InChI=1S/C25H52O10/c1-4-25(3)24-35-23-22-34-21-20-33-19-18-32-17-16-31-15-14-30-13-12-29-11-10-28-9-8-27-7-6-26-5-2/h25H,4-24H2,1-3H3. The summed E-state index contributed by atoms with van der Waals surface area (Å²) in [7, 11) is 0. The molecule has 212 valence electrons. The summed E-state index contributed by atoms with van der Waals surface area (Å²) in [6.45, 7) is 17.9. The Labute approximate surface area is 213 Å². The SMILES string of the molecule is CCOCCOCCOCCOCCOCCOCCOCCOCCOCCOCC(C)CC. The van der Waals surface area contributed by atoms with Gasteiger partial charge in [0.2, 0.25) is 0 Å². The van der Waals surface area contributed by atoms with Gasteiger partial charge in [-0.05, 0) is 12.8 Å². The number of hydrogen-bond donors (Lipinski definition) is 0. The number of ether oxygens (including phenoxy) is 10. The van der Waals surface area contributed by atoms with Gasteiger partial charge in [0.05, 0.1) is 119 Å². The first kappa shape index (κ1) is 34.6. The zero-order valence-electron chi connectivity index (χ0n) is 22.5. The maximum atomic E-state index is 5.52. The van der Waals surface area contributed by atoms with Crippen LogP contribution in [0.5, 0.6) is 0 Å². The Bertz CT molecular complexity index is 376. The highest BCUT2D eigenvalue weighted by Crippen LogP contribution is 1.99. The van der Waals surface area contributed by atoms with E-state index in [1.165, 1.54) is 0 Å². The highest BCUT2D eigenvalue weighted by Gasteiger charge is 1.98. The van der Waals surface area contributed by atoms with Crippen LogP contribution in [-0.2, 0) is 47.4 Å². The summed E-state index contributed by atoms with van der Waals surface area (Å²) >= 11 is 0. The molecule has 0 fully saturated rings. The van der Waals surface area contributed by atoms with Crippen molar-refractivity contribution in [2.75, 3.05) is 132 Å². The summed E-state index contributed by atoms with van der Waals surface area (Å²) in [6, 6.07) is 0. The Kier molecular flexibility index (Phi) is 31.3. The molecular formula is C25H52O10. The summed E-state index contributed by atoms with van der Waals surface area (Å²) in [6.07, 6.45) is 1.14. The van der Waals surface area contributed by atoms with E-state index in [1.54, 1.807) is 0 Å². The van der Waals surface area contributed by atoms with Crippen molar-refractivity contribution < 1.29 is 47.4 Å². The Balaban J connectivity index is 3.02. The van der Waals surface area contributed by atoms with E-state index in [9.17, 15) is 0 Å². The minimum Gasteiger partial charge on any atom is -0.379 e. The van der Waals surface area contributed by atoms with Crippen LogP contribution in [0.25, 0.3) is 0 Å². The van der Waals surface area contributed by atoms with E-state index in [4.69, 9.17) is 47.4 Å². The van der Waals surface area contributed by atoms with E-state index in [2.05, 4.69) is 13.8 Å². The van der Waals surface area contributed by atoms with Crippen LogP contribution in [0.15, 0.2) is 0 Å². The molecule has 0 aliphatic carbocycles. The minimum atomic E-state index is 0.532. The molecule has 0 N–H and O–H groups in total. The van der Waals surface area contributed by atoms with Crippen molar-refractivity contribution in [3.8, 4) is 0 Å². The Hall–Kier alpha value is -0.400. The Morgan fingerprint density at radius 2 is 0.571 bits per heavy atom. The molecule has 0 bridgehead atoms. The predicted molar refractivity (Wildman–Crippen MR) is 133 cm³/mol. The van der Waals surface area contributed by atoms with E-state index < -0.39 is 0 Å². The molecule has 0 aromatic heterocycles. The summed E-state index contributed by atoms with van der Waals surface area (Å²) in [4.78, 5) is 0. The fourth-order valence-electron chi connectivity index (χ4n) is 2.42. The molecule has 0 saturated carbocycles. The first-order chi connectivity index (χ1) is 17.3. The highest BCUT2D eigenvalue weighted by atomic mass is 16.6. The molecular weight excluding hydrogens is 460 g/mol. The van der Waals surface area contributed by atoms with Gasteiger partial charge in [-0.15, -0.1) is 0 Å². The topological polar surface area (TPSA) is 92.3 Å². The summed E-state index contributed by atoms with van der Waals surface area (Å²) in [5.74, 6) is 0.604. The fourth-order valence-corrected chi connectivity index (χ4v) is 2.42. The van der Waals surface area contributed by atoms with Crippen LogP contribution in [0.2, 0.25) is 0 Å². The molecule has 0 heterocycles. The third kappa shape index (κ3) is 31.6. The average Bonchev–Trinajstić information content (AvgIpc) is 2.87. The molecule has 1 unspecified atom stereocenters. The summed E-state index contributed by atoms with van der Waals surface area (Å²) in [5, 5.41) is 0. The van der Waals surface area contributed by atoms with Crippen LogP contribution < -0.4 is 0 Å². The van der Waals surface area contributed by atoms with Crippen molar-refractivity contribution in [3.63, 3.8) is 0 Å². The van der Waals surface area contributed by atoms with Crippen molar-refractivity contribution in [2.24, 2.45) is 5.92 Å². The molecule has 0 rings (SSSR count). The van der Waals surface area contributed by atoms with E-state index in [0.717, 1.165) is 13.0 Å². The van der Waals surface area contributed by atoms with Gasteiger partial charge in [0.15, 0.2) is 0 Å². The lowest BCUT2D eigenvalue weighted by Crippen LogP contribution is -2.15. The lowest BCUT2D eigenvalue weighted by Gasteiger charge is -2.10. The van der Waals surface area contributed by atoms with Gasteiger partial charge in [-0.25, -0.2) is 0 Å². The Morgan fingerprint density at radius 3 is 0.800 bits per heavy atom. The third-order valence-electron chi connectivity index (χ3n) is 4.65. The van der Waals surface area contributed by atoms with E-state index in [0.29, 0.717) is 131 Å². The zero-order chi connectivity index (χ0) is 25.5. The minimum absolute atomic E-state index is 0.532. The second-order valence-electron chi connectivity index (χ2n) is 7.68. The first-order valence-electron chi connectivity index (χ1n) is 13.1. The lowest BCUT2D eigenvalue weighted by atomic mass is 10.1. The molecule has 0 aromatic rings. The van der Waals surface area contributed by atoms with E-state index in [1.807, 2.05) is 6.92 Å². The average molecular weight is 513 g/mol. The second-order valence-corrected chi connectivity index (χ2v) is 7.68. The van der Waals surface area contributed by atoms with Crippen LogP contribution in [-0.4, -0.2) is 132 Å². The third-order valence-corrected chi connectivity index (χ3v) is 4.65. The maximum Gasteiger partial charge on any atom is 0.0701 e. The van der Waals surface area contributed by atoms with Gasteiger partial charge in [-0.3, -0.25) is 0 Å². The van der Waals surface area contributed by atoms with Crippen LogP contribution in [0, 0.1) is 5.92 Å². The zero-order valence-corrected chi connectivity index (χ0v) is 22.5. The fraction of sp³-hybridized carbons (Fsp3) is 1.00. The van der Waals surface area contributed by atoms with Gasteiger partial charge in [-0.1, -0.05) is 20.3 Å². The van der Waals surface area contributed by atoms with E-state index >= 15 is 0 Å². The first-order valence-corrected chi connectivity index (χ1v) is 13.1. The van der Waals surface area contributed by atoms with Gasteiger partial charge in [0, 0.05) is 13.2 Å². The lowest BCUT2D eigenvalue weighted by molar-refractivity contribution is -0.0267. The van der Waals surface area contributed by atoms with Crippen LogP contribution in [0.3, 0.4) is 0 Å². The van der Waals surface area contributed by atoms with Crippen molar-refractivity contribution in [2.45, 2.75) is 27.2 Å². The van der Waals surface area contributed by atoms with Crippen molar-refractivity contribution in [3.05, 3.63) is 0 Å². The molecule has 0 radical (unpaired) electrons. The molecule has 10 nitrogen and oxygen atoms in total. The van der Waals surface area contributed by atoms with Crippen molar-refractivity contribution in [1.29, 1.82) is 0 Å². The van der Waals surface area contributed by atoms with Gasteiger partial charge >= 0.3 is 0 Å². The second kappa shape index (κ2) is 31.6. The molecule has 0 aliphatic heterocycles. The molecule has 35 heavy (non-hydrogen) atoms. The van der Waals surface area contributed by atoms with E-state index in [-0.39, 0.29) is 0 Å². The molecule has 0 spiro atoms. The smallest absolute Gasteiger partial charge is 0.0701 e. The Morgan fingerprint density at radius 1 is 0.343 bits per heavy atom. The summed E-state index contributed by atoms with van der Waals surface area (Å²) in [5.41, 5.74) is 0. The number of rotatable bonds is 31. The largest absolute Gasteiger partial charge is 0.379 e. The molecule has 0 aliphatic rings. The van der Waals surface area contributed by atoms with Gasteiger partial charge < -0.3 is 47.4 Å². The van der Waals surface area contributed by atoms with Gasteiger partial charge in [0.25, 0.3) is 0 Å². The maximum absolute atomic E-state index is 5.52.